The van der Waals surface area contributed by atoms with Crippen molar-refractivity contribution in [2.24, 2.45) is 23.7 Å². The number of primary amides is 1. The highest BCUT2D eigenvalue weighted by Gasteiger charge is 2.27. The number of rotatable bonds is 8. The number of hydrogen-bond acceptors (Lipinski definition) is 5. The Morgan fingerprint density at radius 2 is 2.03 bits per heavy atom. The molecule has 2 aliphatic rings. The summed E-state index contributed by atoms with van der Waals surface area (Å²) in [4.78, 5) is 34.9. The van der Waals surface area contributed by atoms with Crippen molar-refractivity contribution in [1.29, 1.82) is 0 Å². The van der Waals surface area contributed by atoms with Gasteiger partial charge in [-0.15, -0.1) is 0 Å². The zero-order chi connectivity index (χ0) is 22.2. The van der Waals surface area contributed by atoms with Crippen LogP contribution in [0, 0.1) is 5.92 Å². The number of amides is 2. The Kier molecular flexibility index (Phi) is 8.27. The molecule has 0 atom stereocenters. The third-order valence-corrected chi connectivity index (χ3v) is 5.99. The number of carbonyl (C=O) groups is 2. The Hall–Kier alpha value is -2.62. The van der Waals surface area contributed by atoms with Crippen LogP contribution in [-0.4, -0.2) is 89.7 Å². The van der Waals surface area contributed by atoms with Crippen LogP contribution in [0.5, 0.6) is 0 Å². The van der Waals surface area contributed by atoms with Gasteiger partial charge < -0.3 is 25.8 Å². The second-order valence-corrected chi connectivity index (χ2v) is 8.30. The number of aliphatic imine (C=N–C) groups is 1. The summed E-state index contributed by atoms with van der Waals surface area (Å²) in [6.07, 6.45) is 7.40. The molecule has 1 aromatic heterocycles. The largest absolute Gasteiger partial charge is 0.369 e. The van der Waals surface area contributed by atoms with Crippen LogP contribution in [0.2, 0.25) is 0 Å². The maximum Gasteiger partial charge on any atom is 0.246 e. The van der Waals surface area contributed by atoms with Gasteiger partial charge >= 0.3 is 0 Å². The smallest absolute Gasteiger partial charge is 0.246 e. The lowest BCUT2D eigenvalue weighted by Crippen LogP contribution is -2.55. The fourth-order valence-corrected chi connectivity index (χ4v) is 4.17. The minimum absolute atomic E-state index is 0.0462. The monoisotopic (exact) mass is 432 g/mol. The summed E-state index contributed by atoms with van der Waals surface area (Å²) in [5, 5.41) is 7.48. The summed E-state index contributed by atoms with van der Waals surface area (Å²) in [6, 6.07) is 0. The number of nitrogens with zero attached hydrogens (tertiary/aromatic N) is 6. The summed E-state index contributed by atoms with van der Waals surface area (Å²) in [5.74, 6) is 0.753. The SMILES string of the molecule is CCNC(=NCCCCN1CCC(C(N)=O)CC1)N1CCN(c2cnn(C)c2)C(=O)C1. The predicted octanol–water partition coefficient (Wildman–Crippen LogP) is 0.0117. The lowest BCUT2D eigenvalue weighted by Gasteiger charge is -2.35. The Balaban J connectivity index is 1.42. The van der Waals surface area contributed by atoms with E-state index in [0.29, 0.717) is 13.1 Å². The predicted molar refractivity (Wildman–Crippen MR) is 121 cm³/mol. The normalized spacial score (nSPS) is 19.2. The highest BCUT2D eigenvalue weighted by Crippen LogP contribution is 2.17. The van der Waals surface area contributed by atoms with Crippen LogP contribution in [0.1, 0.15) is 32.6 Å². The first kappa shape index (κ1) is 23.1. The van der Waals surface area contributed by atoms with Crippen LogP contribution in [-0.2, 0) is 16.6 Å². The van der Waals surface area contributed by atoms with Gasteiger partial charge in [0.1, 0.15) is 6.54 Å². The third kappa shape index (κ3) is 6.43. The van der Waals surface area contributed by atoms with Crippen molar-refractivity contribution in [3.8, 4) is 0 Å². The van der Waals surface area contributed by atoms with Gasteiger partial charge in [0.25, 0.3) is 0 Å². The number of piperidine rings is 1. The van der Waals surface area contributed by atoms with Crippen molar-refractivity contribution in [2.75, 3.05) is 57.3 Å². The van der Waals surface area contributed by atoms with Crippen LogP contribution < -0.4 is 16.0 Å². The van der Waals surface area contributed by atoms with E-state index in [-0.39, 0.29) is 17.7 Å². The fraction of sp³-hybridized carbons (Fsp3) is 0.714. The lowest BCUT2D eigenvalue weighted by atomic mass is 9.96. The molecule has 31 heavy (non-hydrogen) atoms. The molecule has 2 aliphatic heterocycles. The van der Waals surface area contributed by atoms with Crippen molar-refractivity contribution < 1.29 is 9.59 Å². The van der Waals surface area contributed by atoms with Crippen molar-refractivity contribution in [3.63, 3.8) is 0 Å². The summed E-state index contributed by atoms with van der Waals surface area (Å²) in [7, 11) is 1.85. The maximum absolute atomic E-state index is 12.7. The molecule has 0 aliphatic carbocycles. The van der Waals surface area contributed by atoms with Gasteiger partial charge in [-0.2, -0.15) is 5.10 Å². The number of carbonyl (C=O) groups excluding carboxylic acids is 2. The molecule has 0 saturated carbocycles. The van der Waals surface area contributed by atoms with Gasteiger partial charge in [-0.05, 0) is 52.2 Å². The van der Waals surface area contributed by atoms with E-state index < -0.39 is 0 Å². The molecule has 10 heteroatoms. The summed E-state index contributed by atoms with van der Waals surface area (Å²) < 4.78 is 1.71. The summed E-state index contributed by atoms with van der Waals surface area (Å²) in [5.41, 5.74) is 6.25. The van der Waals surface area contributed by atoms with E-state index in [0.717, 1.165) is 76.6 Å². The van der Waals surface area contributed by atoms with Gasteiger partial charge in [0.05, 0.1) is 11.9 Å². The van der Waals surface area contributed by atoms with Crippen molar-refractivity contribution in [2.45, 2.75) is 32.6 Å². The number of nitrogens with one attached hydrogen (secondary N) is 1. The maximum atomic E-state index is 12.7. The molecule has 0 radical (unpaired) electrons. The molecule has 3 heterocycles. The number of guanidine groups is 1. The molecule has 2 fully saturated rings. The Bertz CT molecular complexity index is 769. The van der Waals surface area contributed by atoms with Crippen LogP contribution in [0.25, 0.3) is 0 Å². The van der Waals surface area contributed by atoms with E-state index in [4.69, 9.17) is 10.7 Å². The number of hydrogen-bond donors (Lipinski definition) is 2. The second kappa shape index (κ2) is 11.1. The Morgan fingerprint density at radius 3 is 2.65 bits per heavy atom. The molecule has 172 valence electrons. The van der Waals surface area contributed by atoms with Gasteiger partial charge in [0, 0.05) is 45.3 Å². The number of likely N-dealkylation sites (tertiary alicyclic amines) is 1. The van der Waals surface area contributed by atoms with Gasteiger partial charge in [-0.25, -0.2) is 0 Å². The molecular formula is C21H36N8O2. The molecule has 10 nitrogen and oxygen atoms in total. The lowest BCUT2D eigenvalue weighted by molar-refractivity contribution is -0.123. The minimum atomic E-state index is -0.162. The highest BCUT2D eigenvalue weighted by atomic mass is 16.2. The number of unbranched alkanes of at least 4 members (excludes halogenated alkanes) is 1. The highest BCUT2D eigenvalue weighted by molar-refractivity contribution is 5.98. The van der Waals surface area contributed by atoms with Gasteiger partial charge in [0.15, 0.2) is 5.96 Å². The van der Waals surface area contributed by atoms with E-state index in [1.54, 1.807) is 15.8 Å². The van der Waals surface area contributed by atoms with E-state index in [2.05, 4.69) is 15.3 Å². The summed E-state index contributed by atoms with van der Waals surface area (Å²) >= 11 is 0. The molecule has 0 unspecified atom stereocenters. The minimum Gasteiger partial charge on any atom is -0.369 e. The zero-order valence-corrected chi connectivity index (χ0v) is 18.8. The molecule has 2 saturated heterocycles. The molecule has 0 bridgehead atoms. The summed E-state index contributed by atoms with van der Waals surface area (Å²) in [6.45, 7) is 8.14. The quantitative estimate of drug-likeness (QED) is 0.340. The van der Waals surface area contributed by atoms with Crippen molar-refractivity contribution >= 4 is 23.5 Å². The van der Waals surface area contributed by atoms with Crippen LogP contribution in [0.4, 0.5) is 5.69 Å². The number of nitrogens with two attached hydrogens (primary N) is 1. The first-order chi connectivity index (χ1) is 15.0. The van der Waals surface area contributed by atoms with E-state index in [1.807, 2.05) is 25.1 Å². The average Bonchev–Trinajstić information content (AvgIpc) is 3.19. The second-order valence-electron chi connectivity index (χ2n) is 8.30. The van der Waals surface area contributed by atoms with E-state index >= 15 is 0 Å². The fourth-order valence-electron chi connectivity index (χ4n) is 4.17. The first-order valence-electron chi connectivity index (χ1n) is 11.3. The average molecular weight is 433 g/mol. The topological polar surface area (TPSA) is 112 Å². The van der Waals surface area contributed by atoms with Crippen molar-refractivity contribution in [1.82, 2.24) is 24.9 Å². The molecule has 0 aromatic carbocycles. The third-order valence-electron chi connectivity index (χ3n) is 5.99. The number of anilines is 1. The van der Waals surface area contributed by atoms with Crippen LogP contribution >= 0.6 is 0 Å². The Labute approximate surface area is 184 Å². The van der Waals surface area contributed by atoms with Crippen LogP contribution in [0.15, 0.2) is 17.4 Å². The molecule has 0 spiro atoms. The number of piperazine rings is 1. The van der Waals surface area contributed by atoms with Gasteiger partial charge in [-0.1, -0.05) is 0 Å². The molecular weight excluding hydrogens is 396 g/mol. The van der Waals surface area contributed by atoms with Crippen LogP contribution in [0.3, 0.4) is 0 Å². The molecule has 3 N–H and O–H groups in total. The molecule has 2 amide bonds. The van der Waals surface area contributed by atoms with E-state index in [9.17, 15) is 9.59 Å². The molecule has 1 aromatic rings. The van der Waals surface area contributed by atoms with Gasteiger partial charge in [-0.3, -0.25) is 19.3 Å². The standard InChI is InChI=1S/C21H36N8O2/c1-3-23-21(24-8-4-5-9-27-10-6-17(7-11-27)20(22)31)28-12-13-29(19(30)16-28)18-14-25-26(2)15-18/h14-15,17H,3-13,16H2,1-2H3,(H2,22,31)(H,23,24). The Morgan fingerprint density at radius 1 is 1.26 bits per heavy atom. The van der Waals surface area contributed by atoms with E-state index in [1.165, 1.54) is 0 Å². The first-order valence-corrected chi connectivity index (χ1v) is 11.3. The number of aromatic nitrogens is 2. The zero-order valence-electron chi connectivity index (χ0n) is 18.8. The van der Waals surface area contributed by atoms with Gasteiger partial charge in [0.2, 0.25) is 11.8 Å². The number of aryl methyl sites for hydroxylation is 1. The molecule has 3 rings (SSSR count). The van der Waals surface area contributed by atoms with Crippen molar-refractivity contribution in [3.05, 3.63) is 12.4 Å².